The molecule has 1 aromatic rings. The van der Waals surface area contributed by atoms with Gasteiger partial charge in [0.1, 0.15) is 5.75 Å². The molecule has 0 aromatic heterocycles. The van der Waals surface area contributed by atoms with Gasteiger partial charge in [0.25, 0.3) is 0 Å². The zero-order valence-electron chi connectivity index (χ0n) is 11.4. The molecule has 0 radical (unpaired) electrons. The Morgan fingerprint density at radius 1 is 1.44 bits per heavy atom. The maximum absolute atomic E-state index is 5.92. The van der Waals surface area contributed by atoms with Gasteiger partial charge in [-0.25, -0.2) is 0 Å². The van der Waals surface area contributed by atoms with Gasteiger partial charge in [-0.15, -0.1) is 0 Å². The van der Waals surface area contributed by atoms with Crippen LogP contribution in [0.3, 0.4) is 0 Å². The van der Waals surface area contributed by atoms with Crippen LogP contribution in [-0.2, 0) is 11.3 Å². The van der Waals surface area contributed by atoms with Crippen molar-refractivity contribution in [1.29, 1.82) is 0 Å². The molecule has 1 heterocycles. The molecule has 1 aliphatic heterocycles. The van der Waals surface area contributed by atoms with E-state index in [-0.39, 0.29) is 5.60 Å². The predicted molar refractivity (Wildman–Crippen MR) is 72.7 cm³/mol. The molecular formula is C14H22N2O2. The second-order valence-electron chi connectivity index (χ2n) is 5.40. The van der Waals surface area contributed by atoms with Gasteiger partial charge >= 0.3 is 0 Å². The van der Waals surface area contributed by atoms with Crippen LogP contribution < -0.4 is 10.5 Å². The number of hydrogen-bond acceptors (Lipinski definition) is 4. The summed E-state index contributed by atoms with van der Waals surface area (Å²) in [6, 6.07) is 5.98. The zero-order valence-corrected chi connectivity index (χ0v) is 11.4. The monoisotopic (exact) mass is 250 g/mol. The van der Waals surface area contributed by atoms with Gasteiger partial charge in [0.05, 0.1) is 25.0 Å². The molecule has 0 unspecified atom stereocenters. The molecule has 1 fully saturated rings. The number of benzene rings is 1. The lowest BCUT2D eigenvalue weighted by molar-refractivity contribution is -0.0882. The summed E-state index contributed by atoms with van der Waals surface area (Å²) >= 11 is 0. The lowest BCUT2D eigenvalue weighted by Crippen LogP contribution is -2.47. The van der Waals surface area contributed by atoms with E-state index in [2.05, 4.69) is 24.8 Å². The lowest BCUT2D eigenvalue weighted by atomic mass is 10.1. The molecular weight excluding hydrogens is 228 g/mol. The van der Waals surface area contributed by atoms with Crippen molar-refractivity contribution in [3.8, 4) is 5.75 Å². The summed E-state index contributed by atoms with van der Waals surface area (Å²) in [6.07, 6.45) is 0. The maximum Gasteiger partial charge on any atom is 0.141 e. The average molecular weight is 250 g/mol. The molecule has 100 valence electrons. The van der Waals surface area contributed by atoms with Crippen LogP contribution in [0.1, 0.15) is 19.4 Å². The molecule has 0 saturated carbocycles. The first-order chi connectivity index (χ1) is 8.50. The molecule has 4 heteroatoms. The number of morpholine rings is 1. The molecule has 4 nitrogen and oxygen atoms in total. The van der Waals surface area contributed by atoms with Gasteiger partial charge in [-0.05, 0) is 31.5 Å². The van der Waals surface area contributed by atoms with Crippen molar-refractivity contribution in [2.75, 3.05) is 32.5 Å². The van der Waals surface area contributed by atoms with E-state index in [1.807, 2.05) is 12.1 Å². The van der Waals surface area contributed by atoms with E-state index in [1.54, 1.807) is 7.11 Å². The van der Waals surface area contributed by atoms with Crippen LogP contribution in [0.5, 0.6) is 5.75 Å². The highest BCUT2D eigenvalue weighted by Gasteiger charge is 2.26. The van der Waals surface area contributed by atoms with E-state index in [4.69, 9.17) is 15.2 Å². The highest BCUT2D eigenvalue weighted by molar-refractivity contribution is 5.54. The minimum Gasteiger partial charge on any atom is -0.495 e. The quantitative estimate of drug-likeness (QED) is 0.832. The number of nitrogen functional groups attached to an aromatic ring is 1. The predicted octanol–water partition coefficient (Wildman–Crippen LogP) is 1.89. The summed E-state index contributed by atoms with van der Waals surface area (Å²) in [5.74, 6) is 0.737. The average Bonchev–Trinajstić information content (AvgIpc) is 2.28. The minimum atomic E-state index is -0.0593. The van der Waals surface area contributed by atoms with Crippen LogP contribution in [-0.4, -0.2) is 37.3 Å². The van der Waals surface area contributed by atoms with Crippen LogP contribution in [0, 0.1) is 0 Å². The molecule has 0 aliphatic carbocycles. The standard InChI is InChI=1S/C14H22N2O2/c1-14(2)10-16(6-7-18-14)9-11-4-5-13(17-3)12(15)8-11/h4-5,8H,6-7,9-10,15H2,1-3H3. The molecule has 1 aromatic carbocycles. The minimum absolute atomic E-state index is 0.0593. The van der Waals surface area contributed by atoms with Gasteiger partial charge in [-0.1, -0.05) is 6.07 Å². The van der Waals surface area contributed by atoms with Gasteiger partial charge in [-0.2, -0.15) is 0 Å². The van der Waals surface area contributed by atoms with E-state index < -0.39 is 0 Å². The highest BCUT2D eigenvalue weighted by Crippen LogP contribution is 2.24. The number of ether oxygens (including phenoxy) is 2. The summed E-state index contributed by atoms with van der Waals surface area (Å²) in [6.45, 7) is 7.86. The Morgan fingerprint density at radius 2 is 2.22 bits per heavy atom. The van der Waals surface area contributed by atoms with Gasteiger partial charge in [0, 0.05) is 19.6 Å². The molecule has 0 spiro atoms. The Hall–Kier alpha value is -1.26. The Morgan fingerprint density at radius 3 is 2.83 bits per heavy atom. The molecule has 1 aliphatic rings. The van der Waals surface area contributed by atoms with Crippen LogP contribution in [0.2, 0.25) is 0 Å². The number of nitrogens with zero attached hydrogens (tertiary/aromatic N) is 1. The third kappa shape index (κ3) is 3.15. The van der Waals surface area contributed by atoms with Gasteiger partial charge < -0.3 is 15.2 Å². The van der Waals surface area contributed by atoms with E-state index in [9.17, 15) is 0 Å². The first-order valence-electron chi connectivity index (χ1n) is 6.29. The maximum atomic E-state index is 5.92. The van der Waals surface area contributed by atoms with Crippen molar-refractivity contribution in [2.45, 2.75) is 26.0 Å². The highest BCUT2D eigenvalue weighted by atomic mass is 16.5. The number of hydrogen-bond donors (Lipinski definition) is 1. The Labute approximate surface area is 109 Å². The number of nitrogens with two attached hydrogens (primary N) is 1. The van der Waals surface area contributed by atoms with Crippen molar-refractivity contribution in [1.82, 2.24) is 4.90 Å². The van der Waals surface area contributed by atoms with Gasteiger partial charge in [0.15, 0.2) is 0 Å². The first-order valence-corrected chi connectivity index (χ1v) is 6.29. The van der Waals surface area contributed by atoms with E-state index >= 15 is 0 Å². The topological polar surface area (TPSA) is 47.7 Å². The summed E-state index contributed by atoms with van der Waals surface area (Å²) in [4.78, 5) is 2.39. The van der Waals surface area contributed by atoms with Crippen LogP contribution >= 0.6 is 0 Å². The Bertz CT molecular complexity index is 418. The molecule has 1 saturated heterocycles. The number of methoxy groups -OCH3 is 1. The smallest absolute Gasteiger partial charge is 0.141 e. The summed E-state index contributed by atoms with van der Waals surface area (Å²) < 4.78 is 10.9. The number of rotatable bonds is 3. The largest absolute Gasteiger partial charge is 0.495 e. The summed E-state index contributed by atoms with van der Waals surface area (Å²) in [5, 5.41) is 0. The van der Waals surface area contributed by atoms with E-state index in [0.717, 1.165) is 32.0 Å². The summed E-state index contributed by atoms with van der Waals surface area (Å²) in [5.41, 5.74) is 7.77. The number of anilines is 1. The Balaban J connectivity index is 2.03. The first kappa shape index (κ1) is 13.2. The van der Waals surface area contributed by atoms with Crippen LogP contribution in [0.4, 0.5) is 5.69 Å². The molecule has 2 rings (SSSR count). The third-order valence-electron chi connectivity index (χ3n) is 3.20. The second kappa shape index (κ2) is 5.16. The van der Waals surface area contributed by atoms with Crippen LogP contribution in [0.15, 0.2) is 18.2 Å². The van der Waals surface area contributed by atoms with Crippen molar-refractivity contribution < 1.29 is 9.47 Å². The fourth-order valence-corrected chi connectivity index (χ4v) is 2.39. The van der Waals surface area contributed by atoms with Crippen molar-refractivity contribution in [3.63, 3.8) is 0 Å². The SMILES string of the molecule is COc1ccc(CN2CCOC(C)(C)C2)cc1N. The zero-order chi connectivity index (χ0) is 13.2. The Kier molecular flexibility index (Phi) is 3.78. The molecule has 0 bridgehead atoms. The van der Waals surface area contributed by atoms with Crippen molar-refractivity contribution in [3.05, 3.63) is 23.8 Å². The normalized spacial score (nSPS) is 19.7. The van der Waals surface area contributed by atoms with Crippen molar-refractivity contribution >= 4 is 5.69 Å². The second-order valence-corrected chi connectivity index (χ2v) is 5.40. The third-order valence-corrected chi connectivity index (χ3v) is 3.20. The molecule has 2 N–H and O–H groups in total. The molecule has 0 amide bonds. The van der Waals surface area contributed by atoms with Gasteiger partial charge in [0.2, 0.25) is 0 Å². The van der Waals surface area contributed by atoms with Crippen LogP contribution in [0.25, 0.3) is 0 Å². The van der Waals surface area contributed by atoms with E-state index in [0.29, 0.717) is 5.69 Å². The molecule has 18 heavy (non-hydrogen) atoms. The fourth-order valence-electron chi connectivity index (χ4n) is 2.39. The lowest BCUT2D eigenvalue weighted by Gasteiger charge is -2.38. The van der Waals surface area contributed by atoms with Crippen molar-refractivity contribution in [2.24, 2.45) is 0 Å². The molecule has 0 atom stereocenters. The van der Waals surface area contributed by atoms with E-state index in [1.165, 1.54) is 5.56 Å². The van der Waals surface area contributed by atoms with Gasteiger partial charge in [-0.3, -0.25) is 4.90 Å². The summed E-state index contributed by atoms with van der Waals surface area (Å²) in [7, 11) is 1.63. The fraction of sp³-hybridized carbons (Fsp3) is 0.571.